The van der Waals surface area contributed by atoms with Gasteiger partial charge in [-0.3, -0.25) is 0 Å². The summed E-state index contributed by atoms with van der Waals surface area (Å²) in [7, 11) is 0. The van der Waals surface area contributed by atoms with Crippen LogP contribution in [-0.2, 0) is 11.3 Å². The highest BCUT2D eigenvalue weighted by atomic mass is 127. The van der Waals surface area contributed by atoms with Crippen LogP contribution in [0.25, 0.3) is 0 Å². The first kappa shape index (κ1) is 21.0. The molecule has 1 aliphatic rings. The number of hydrogen-bond acceptors (Lipinski definition) is 3. The highest BCUT2D eigenvalue weighted by molar-refractivity contribution is 14.0. The number of hydrogen-bond donors (Lipinski definition) is 2. The molecule has 0 radical (unpaired) electrons. The summed E-state index contributed by atoms with van der Waals surface area (Å²) in [6, 6.07) is 4.37. The molecule has 136 valence electrons. The van der Waals surface area contributed by atoms with Crippen LogP contribution in [0.2, 0.25) is 0 Å². The number of phenols is 1. The molecule has 0 amide bonds. The molecule has 0 aliphatic carbocycles. The zero-order valence-electron chi connectivity index (χ0n) is 14.3. The van der Waals surface area contributed by atoms with Crippen LogP contribution in [0.3, 0.4) is 0 Å². The lowest BCUT2D eigenvalue weighted by Crippen LogP contribution is -2.47. The fourth-order valence-corrected chi connectivity index (χ4v) is 2.71. The van der Waals surface area contributed by atoms with E-state index in [4.69, 9.17) is 4.74 Å². The van der Waals surface area contributed by atoms with Gasteiger partial charge in [-0.2, -0.15) is 0 Å². The number of benzene rings is 1. The maximum Gasteiger partial charge on any atom is 0.194 e. The summed E-state index contributed by atoms with van der Waals surface area (Å²) in [5.41, 5.74) is 0.736. The van der Waals surface area contributed by atoms with Gasteiger partial charge < -0.3 is 20.1 Å². The van der Waals surface area contributed by atoms with E-state index in [2.05, 4.69) is 15.2 Å². The average molecular weight is 451 g/mol. The van der Waals surface area contributed by atoms with E-state index in [-0.39, 0.29) is 29.7 Å². The van der Waals surface area contributed by atoms with Gasteiger partial charge in [0.1, 0.15) is 0 Å². The number of ether oxygens (including phenoxy) is 1. The van der Waals surface area contributed by atoms with Crippen molar-refractivity contribution in [2.24, 2.45) is 4.99 Å². The quantitative estimate of drug-likeness (QED) is 0.411. The Balaban J connectivity index is 0.00000288. The van der Waals surface area contributed by atoms with Gasteiger partial charge in [-0.05, 0) is 44.4 Å². The molecule has 1 fully saturated rings. The third kappa shape index (κ3) is 6.08. The molecule has 0 saturated carbocycles. The number of guanidine groups is 1. The molecule has 1 aliphatic heterocycles. The first-order valence-electron chi connectivity index (χ1n) is 8.26. The third-order valence-corrected chi connectivity index (χ3v) is 3.90. The number of nitrogens with zero attached hydrogens (tertiary/aromatic N) is 2. The molecule has 0 bridgehead atoms. The Bertz CT molecular complexity index is 535. The molecule has 24 heavy (non-hydrogen) atoms. The lowest BCUT2D eigenvalue weighted by Gasteiger charge is -2.34. The minimum atomic E-state index is -0.611. The van der Waals surface area contributed by atoms with Crippen molar-refractivity contribution in [2.75, 3.05) is 26.2 Å². The number of halogens is 2. The normalized spacial score (nSPS) is 16.0. The van der Waals surface area contributed by atoms with E-state index in [1.807, 2.05) is 13.8 Å². The largest absolute Gasteiger partial charge is 0.505 e. The monoisotopic (exact) mass is 451 g/mol. The van der Waals surface area contributed by atoms with E-state index in [0.717, 1.165) is 50.6 Å². The van der Waals surface area contributed by atoms with Crippen LogP contribution in [0.1, 0.15) is 32.3 Å². The highest BCUT2D eigenvalue weighted by Crippen LogP contribution is 2.17. The SMILES string of the molecule is CCNC(=NCc1ccc(O)c(F)c1)N1CCC(OCC)CC1.I. The van der Waals surface area contributed by atoms with Gasteiger partial charge in [-0.15, -0.1) is 24.0 Å². The van der Waals surface area contributed by atoms with Gasteiger partial charge in [0.15, 0.2) is 17.5 Å². The maximum absolute atomic E-state index is 13.4. The van der Waals surface area contributed by atoms with Crippen molar-refractivity contribution >= 4 is 29.9 Å². The number of piperidine rings is 1. The second-order valence-electron chi connectivity index (χ2n) is 5.60. The lowest BCUT2D eigenvalue weighted by atomic mass is 10.1. The standard InChI is InChI=1S/C17H26FN3O2.HI/c1-3-19-17(21-9-7-14(8-10-21)23-4-2)20-12-13-5-6-16(22)15(18)11-13;/h5-6,11,14,22H,3-4,7-10,12H2,1-2H3,(H,19,20);1H. The van der Waals surface area contributed by atoms with E-state index in [0.29, 0.717) is 12.6 Å². The number of rotatable bonds is 5. The minimum Gasteiger partial charge on any atom is -0.505 e. The number of phenolic OH excluding ortho intramolecular Hbond substituents is 1. The molecule has 0 aromatic heterocycles. The predicted octanol–water partition coefficient (Wildman–Crippen LogP) is 3.12. The van der Waals surface area contributed by atoms with E-state index in [9.17, 15) is 9.50 Å². The van der Waals surface area contributed by atoms with Crippen molar-refractivity contribution < 1.29 is 14.2 Å². The van der Waals surface area contributed by atoms with Crippen molar-refractivity contribution in [2.45, 2.75) is 39.3 Å². The minimum absolute atomic E-state index is 0. The van der Waals surface area contributed by atoms with Crippen molar-refractivity contribution in [1.29, 1.82) is 0 Å². The van der Waals surface area contributed by atoms with Gasteiger partial charge in [0.05, 0.1) is 12.6 Å². The average Bonchev–Trinajstić information content (AvgIpc) is 2.56. The van der Waals surface area contributed by atoms with Crippen LogP contribution in [0.5, 0.6) is 5.75 Å². The van der Waals surface area contributed by atoms with Crippen LogP contribution in [-0.4, -0.2) is 48.3 Å². The molecule has 0 unspecified atom stereocenters. The smallest absolute Gasteiger partial charge is 0.194 e. The molecule has 1 aromatic rings. The summed E-state index contributed by atoms with van der Waals surface area (Å²) in [5, 5.41) is 12.5. The Morgan fingerprint density at radius 2 is 2.08 bits per heavy atom. The Labute approximate surface area is 160 Å². The molecule has 2 N–H and O–H groups in total. The van der Waals surface area contributed by atoms with Crippen molar-refractivity contribution in [1.82, 2.24) is 10.2 Å². The molecule has 1 heterocycles. The first-order valence-corrected chi connectivity index (χ1v) is 8.26. The van der Waals surface area contributed by atoms with Gasteiger partial charge in [0, 0.05) is 26.2 Å². The molecular formula is C17H27FIN3O2. The fraction of sp³-hybridized carbons (Fsp3) is 0.588. The Morgan fingerprint density at radius 1 is 1.38 bits per heavy atom. The molecule has 5 nitrogen and oxygen atoms in total. The van der Waals surface area contributed by atoms with E-state index in [1.165, 1.54) is 12.1 Å². The summed E-state index contributed by atoms with van der Waals surface area (Å²) in [4.78, 5) is 6.81. The number of nitrogens with one attached hydrogen (secondary N) is 1. The summed E-state index contributed by atoms with van der Waals surface area (Å²) >= 11 is 0. The highest BCUT2D eigenvalue weighted by Gasteiger charge is 2.21. The Morgan fingerprint density at radius 3 is 2.67 bits per heavy atom. The summed E-state index contributed by atoms with van der Waals surface area (Å²) in [5.74, 6) is -0.0983. The van der Waals surface area contributed by atoms with Crippen molar-refractivity contribution in [3.8, 4) is 5.75 Å². The summed E-state index contributed by atoms with van der Waals surface area (Å²) < 4.78 is 19.1. The molecule has 1 aromatic carbocycles. The summed E-state index contributed by atoms with van der Waals surface area (Å²) in [6.45, 7) is 7.78. The Kier molecular flexibility index (Phi) is 9.35. The number of aromatic hydroxyl groups is 1. The van der Waals surface area contributed by atoms with Crippen LogP contribution < -0.4 is 5.32 Å². The molecule has 1 saturated heterocycles. The van der Waals surface area contributed by atoms with Gasteiger partial charge in [-0.25, -0.2) is 9.38 Å². The third-order valence-electron chi connectivity index (χ3n) is 3.90. The van der Waals surface area contributed by atoms with Crippen LogP contribution in [0.15, 0.2) is 23.2 Å². The Hall–Kier alpha value is -1.09. The van der Waals surface area contributed by atoms with Crippen molar-refractivity contribution in [3.63, 3.8) is 0 Å². The van der Waals surface area contributed by atoms with Gasteiger partial charge in [0.2, 0.25) is 0 Å². The fourth-order valence-electron chi connectivity index (χ4n) is 2.71. The maximum atomic E-state index is 13.4. The topological polar surface area (TPSA) is 57.1 Å². The van der Waals surface area contributed by atoms with Gasteiger partial charge >= 0.3 is 0 Å². The van der Waals surface area contributed by atoms with Crippen LogP contribution in [0, 0.1) is 5.82 Å². The summed E-state index contributed by atoms with van der Waals surface area (Å²) in [6.07, 6.45) is 2.32. The molecule has 2 rings (SSSR count). The second kappa shape index (κ2) is 10.7. The van der Waals surface area contributed by atoms with Crippen LogP contribution in [0.4, 0.5) is 4.39 Å². The molecule has 0 spiro atoms. The molecular weight excluding hydrogens is 424 g/mol. The van der Waals surface area contributed by atoms with E-state index >= 15 is 0 Å². The number of likely N-dealkylation sites (tertiary alicyclic amines) is 1. The first-order chi connectivity index (χ1) is 11.1. The van der Waals surface area contributed by atoms with Gasteiger partial charge in [0.25, 0.3) is 0 Å². The number of aliphatic imine (C=N–C) groups is 1. The van der Waals surface area contributed by atoms with E-state index < -0.39 is 5.82 Å². The lowest BCUT2D eigenvalue weighted by molar-refractivity contribution is 0.0263. The van der Waals surface area contributed by atoms with Crippen LogP contribution >= 0.6 is 24.0 Å². The zero-order valence-corrected chi connectivity index (χ0v) is 16.6. The zero-order chi connectivity index (χ0) is 16.7. The van der Waals surface area contributed by atoms with Crippen molar-refractivity contribution in [3.05, 3.63) is 29.6 Å². The molecule has 0 atom stereocenters. The second-order valence-corrected chi connectivity index (χ2v) is 5.60. The van der Waals surface area contributed by atoms with Gasteiger partial charge in [-0.1, -0.05) is 6.07 Å². The van der Waals surface area contributed by atoms with E-state index in [1.54, 1.807) is 6.07 Å². The molecule has 7 heteroatoms. The predicted molar refractivity (Wildman–Crippen MR) is 105 cm³/mol.